The van der Waals surface area contributed by atoms with Gasteiger partial charge >= 0.3 is 5.97 Å². The molecule has 1 aliphatic heterocycles. The molecule has 0 saturated heterocycles. The second-order valence-corrected chi connectivity index (χ2v) is 9.00. The van der Waals surface area contributed by atoms with Gasteiger partial charge in [0.2, 0.25) is 15.8 Å². The number of nitrogens with zero attached hydrogens (tertiary/aromatic N) is 1. The molecule has 0 bridgehead atoms. The molecule has 2 aromatic rings. The molecule has 0 aromatic heterocycles. The maximum atomic E-state index is 13.5. The molecule has 1 N–H and O–H groups in total. The number of sulfonamides is 1. The number of carboxylic acids is 1. The van der Waals surface area contributed by atoms with Crippen LogP contribution in [-0.2, 0) is 14.8 Å². The van der Waals surface area contributed by atoms with Crippen LogP contribution in [-0.4, -0.2) is 51.7 Å². The maximum absolute atomic E-state index is 13.5. The third kappa shape index (κ3) is 4.38. The van der Waals surface area contributed by atoms with Crippen molar-refractivity contribution in [3.8, 4) is 17.2 Å². The van der Waals surface area contributed by atoms with Gasteiger partial charge in [0.1, 0.15) is 0 Å². The van der Waals surface area contributed by atoms with Crippen LogP contribution in [0.25, 0.3) is 0 Å². The lowest BCUT2D eigenvalue weighted by Crippen LogP contribution is -2.39. The van der Waals surface area contributed by atoms with Crippen molar-refractivity contribution >= 4 is 16.0 Å². The van der Waals surface area contributed by atoms with Gasteiger partial charge in [-0.15, -0.1) is 0 Å². The lowest BCUT2D eigenvalue weighted by Gasteiger charge is -2.34. The highest BCUT2D eigenvalue weighted by Crippen LogP contribution is 2.43. The minimum atomic E-state index is -3.98. The number of benzene rings is 2. The molecule has 0 saturated carbocycles. The molecule has 1 heterocycles. The van der Waals surface area contributed by atoms with Crippen molar-refractivity contribution in [3.05, 3.63) is 59.2 Å². The first kappa shape index (κ1) is 22.6. The van der Waals surface area contributed by atoms with Crippen molar-refractivity contribution in [3.63, 3.8) is 0 Å². The summed E-state index contributed by atoms with van der Waals surface area (Å²) in [4.78, 5) is 11.7. The average molecular weight is 448 g/mol. The van der Waals surface area contributed by atoms with Gasteiger partial charge in [0.15, 0.2) is 11.5 Å². The SMILES string of the molecule is COc1cc([C@@H]2CC=C(C(=O)O)CN2S(=O)(=O)c2ccc(C)cc2)cc(OC)c1OC. The molecular weight excluding hydrogens is 422 g/mol. The van der Waals surface area contributed by atoms with Crippen LogP contribution in [0.1, 0.15) is 23.6 Å². The Balaban J connectivity index is 2.15. The number of carboxylic acid groups (broad SMARTS) is 1. The molecule has 0 amide bonds. The molecule has 0 radical (unpaired) electrons. The largest absolute Gasteiger partial charge is 0.493 e. The number of aliphatic carboxylic acids is 1. The van der Waals surface area contributed by atoms with Gasteiger partial charge in [-0.25, -0.2) is 13.2 Å². The van der Waals surface area contributed by atoms with Gasteiger partial charge < -0.3 is 19.3 Å². The highest BCUT2D eigenvalue weighted by Gasteiger charge is 2.37. The fourth-order valence-corrected chi connectivity index (χ4v) is 5.17. The monoisotopic (exact) mass is 447 g/mol. The first-order chi connectivity index (χ1) is 14.7. The molecule has 31 heavy (non-hydrogen) atoms. The van der Waals surface area contributed by atoms with Gasteiger partial charge in [-0.3, -0.25) is 0 Å². The van der Waals surface area contributed by atoms with E-state index in [1.807, 2.05) is 6.92 Å². The van der Waals surface area contributed by atoms with E-state index in [-0.39, 0.29) is 23.4 Å². The Morgan fingerprint density at radius 2 is 1.61 bits per heavy atom. The molecule has 0 spiro atoms. The van der Waals surface area contributed by atoms with Crippen LogP contribution >= 0.6 is 0 Å². The summed E-state index contributed by atoms with van der Waals surface area (Å²) < 4.78 is 44.4. The third-order valence-electron chi connectivity index (χ3n) is 5.24. The normalized spacial score (nSPS) is 17.0. The van der Waals surface area contributed by atoms with Gasteiger partial charge in [0.25, 0.3) is 0 Å². The maximum Gasteiger partial charge on any atom is 0.332 e. The van der Waals surface area contributed by atoms with E-state index in [1.54, 1.807) is 30.3 Å². The van der Waals surface area contributed by atoms with Crippen LogP contribution in [0.2, 0.25) is 0 Å². The molecule has 0 unspecified atom stereocenters. The predicted molar refractivity (Wildman–Crippen MR) is 114 cm³/mol. The molecule has 1 aliphatic rings. The topological polar surface area (TPSA) is 102 Å². The van der Waals surface area contributed by atoms with Gasteiger partial charge in [-0.1, -0.05) is 23.8 Å². The Kier molecular flexibility index (Phi) is 6.56. The Labute approximate surface area is 181 Å². The second-order valence-electron chi connectivity index (χ2n) is 7.11. The van der Waals surface area contributed by atoms with Crippen LogP contribution in [0.15, 0.2) is 52.9 Å². The minimum absolute atomic E-state index is 0.0272. The van der Waals surface area contributed by atoms with Crippen molar-refractivity contribution < 1.29 is 32.5 Å². The van der Waals surface area contributed by atoms with Crippen LogP contribution < -0.4 is 14.2 Å². The zero-order chi connectivity index (χ0) is 22.8. The molecule has 9 heteroatoms. The fraction of sp³-hybridized carbons (Fsp3) is 0.318. The predicted octanol–water partition coefficient (Wildman–Crippen LogP) is 3.17. The summed E-state index contributed by atoms with van der Waals surface area (Å²) in [6, 6.07) is 9.18. The van der Waals surface area contributed by atoms with Crippen molar-refractivity contribution in [2.24, 2.45) is 0 Å². The van der Waals surface area contributed by atoms with E-state index in [1.165, 1.54) is 37.8 Å². The van der Waals surface area contributed by atoms with E-state index >= 15 is 0 Å². The van der Waals surface area contributed by atoms with Crippen molar-refractivity contribution in [1.29, 1.82) is 0 Å². The van der Waals surface area contributed by atoms with Gasteiger partial charge in [-0.2, -0.15) is 4.31 Å². The Bertz CT molecular complexity index is 1080. The quantitative estimate of drug-likeness (QED) is 0.695. The lowest BCUT2D eigenvalue weighted by atomic mass is 9.97. The standard InChI is InChI=1S/C22H25NO7S/c1-14-5-8-17(9-6-14)31(26,27)23-13-15(22(24)25)7-10-18(23)16-11-19(28-2)21(30-4)20(12-16)29-3/h5-9,11-12,18H,10,13H2,1-4H3,(H,24,25)/t18-/m0/s1. The molecule has 0 fully saturated rings. The zero-order valence-corrected chi connectivity index (χ0v) is 18.6. The van der Waals surface area contributed by atoms with Crippen molar-refractivity contribution in [1.82, 2.24) is 4.31 Å². The lowest BCUT2D eigenvalue weighted by molar-refractivity contribution is -0.133. The van der Waals surface area contributed by atoms with E-state index < -0.39 is 22.0 Å². The number of methoxy groups -OCH3 is 3. The summed E-state index contributed by atoms with van der Waals surface area (Å²) in [5.74, 6) is 0.0156. The first-order valence-electron chi connectivity index (χ1n) is 9.53. The summed E-state index contributed by atoms with van der Waals surface area (Å²) in [5, 5.41) is 9.47. The summed E-state index contributed by atoms with van der Waals surface area (Å²) in [6.45, 7) is 1.61. The molecule has 2 aromatic carbocycles. The van der Waals surface area contributed by atoms with Crippen LogP contribution in [0, 0.1) is 6.92 Å². The van der Waals surface area contributed by atoms with Gasteiger partial charge in [0, 0.05) is 12.1 Å². The molecule has 1 atom stereocenters. The van der Waals surface area contributed by atoms with E-state index in [4.69, 9.17) is 14.2 Å². The number of carbonyl (C=O) groups is 1. The summed E-state index contributed by atoms with van der Waals surface area (Å²) in [6.07, 6.45) is 1.74. The van der Waals surface area contributed by atoms with Gasteiger partial charge in [0.05, 0.1) is 32.3 Å². The van der Waals surface area contributed by atoms with Crippen LogP contribution in [0.5, 0.6) is 17.2 Å². The average Bonchev–Trinajstić information content (AvgIpc) is 2.77. The van der Waals surface area contributed by atoms with E-state index in [2.05, 4.69) is 0 Å². The molecule has 0 aliphatic carbocycles. The number of hydrogen-bond donors (Lipinski definition) is 1. The summed E-state index contributed by atoms with van der Waals surface area (Å²) in [7, 11) is 0.456. The molecule has 8 nitrogen and oxygen atoms in total. The van der Waals surface area contributed by atoms with E-state index in [0.717, 1.165) is 5.56 Å². The number of rotatable bonds is 7. The number of aryl methyl sites for hydroxylation is 1. The van der Waals surface area contributed by atoms with Crippen LogP contribution in [0.3, 0.4) is 0 Å². The van der Waals surface area contributed by atoms with Crippen molar-refractivity contribution in [2.45, 2.75) is 24.3 Å². The number of hydrogen-bond acceptors (Lipinski definition) is 6. The second kappa shape index (κ2) is 8.99. The smallest absolute Gasteiger partial charge is 0.332 e. The Morgan fingerprint density at radius 1 is 1.03 bits per heavy atom. The number of ether oxygens (including phenoxy) is 3. The summed E-state index contributed by atoms with van der Waals surface area (Å²) in [5.41, 5.74) is 1.55. The third-order valence-corrected chi connectivity index (χ3v) is 7.10. The molecular formula is C22H25NO7S. The molecule has 166 valence electrons. The fourth-order valence-electron chi connectivity index (χ4n) is 3.56. The van der Waals surface area contributed by atoms with E-state index in [9.17, 15) is 18.3 Å². The van der Waals surface area contributed by atoms with E-state index in [0.29, 0.717) is 22.8 Å². The zero-order valence-electron chi connectivity index (χ0n) is 17.8. The molecule has 3 rings (SSSR count). The minimum Gasteiger partial charge on any atom is -0.493 e. The Hall–Kier alpha value is -3.04. The Morgan fingerprint density at radius 3 is 2.10 bits per heavy atom. The first-order valence-corrected chi connectivity index (χ1v) is 11.0. The van der Waals surface area contributed by atoms with Crippen LogP contribution in [0.4, 0.5) is 0 Å². The van der Waals surface area contributed by atoms with Gasteiger partial charge in [-0.05, 0) is 43.2 Å². The summed E-state index contributed by atoms with van der Waals surface area (Å²) >= 11 is 0. The highest BCUT2D eigenvalue weighted by atomic mass is 32.2. The van der Waals surface area contributed by atoms with Crippen molar-refractivity contribution in [2.75, 3.05) is 27.9 Å². The highest BCUT2D eigenvalue weighted by molar-refractivity contribution is 7.89.